The van der Waals surface area contributed by atoms with Crippen LogP contribution in [-0.4, -0.2) is 44.7 Å². The summed E-state index contributed by atoms with van der Waals surface area (Å²) < 4.78 is 11.2. The maximum atomic E-state index is 11.9. The van der Waals surface area contributed by atoms with Gasteiger partial charge in [0.2, 0.25) is 0 Å². The lowest BCUT2D eigenvalue weighted by atomic mass is 10.2. The molecule has 2 rings (SSSR count). The Morgan fingerprint density at radius 1 is 1.12 bits per heavy atom. The maximum Gasteiger partial charge on any atom is 0.258 e. The minimum atomic E-state index is -0.175. The SMILES string of the molecule is Cc1cc(Cl)ccc1OCC(=O)NCc1ccc(OCCN(C)C)cc1. The van der Waals surface area contributed by atoms with Gasteiger partial charge in [-0.05, 0) is 62.5 Å². The molecule has 0 saturated heterocycles. The van der Waals surface area contributed by atoms with Gasteiger partial charge in [-0.15, -0.1) is 0 Å². The molecule has 0 fully saturated rings. The van der Waals surface area contributed by atoms with E-state index < -0.39 is 0 Å². The number of benzene rings is 2. The van der Waals surface area contributed by atoms with Gasteiger partial charge in [-0.25, -0.2) is 0 Å². The summed E-state index contributed by atoms with van der Waals surface area (Å²) in [7, 11) is 4.01. The van der Waals surface area contributed by atoms with Crippen LogP contribution in [-0.2, 0) is 11.3 Å². The molecule has 0 aliphatic heterocycles. The molecule has 26 heavy (non-hydrogen) atoms. The Labute approximate surface area is 159 Å². The monoisotopic (exact) mass is 376 g/mol. The van der Waals surface area contributed by atoms with E-state index in [1.807, 2.05) is 45.3 Å². The van der Waals surface area contributed by atoms with Gasteiger partial charge in [0.05, 0.1) is 0 Å². The van der Waals surface area contributed by atoms with Gasteiger partial charge in [0.1, 0.15) is 18.1 Å². The van der Waals surface area contributed by atoms with Crippen molar-refractivity contribution in [2.24, 2.45) is 0 Å². The first-order chi connectivity index (χ1) is 12.4. The first kappa shape index (κ1) is 20.1. The lowest BCUT2D eigenvalue weighted by Crippen LogP contribution is -2.28. The van der Waals surface area contributed by atoms with E-state index in [9.17, 15) is 4.79 Å². The Bertz CT molecular complexity index is 717. The van der Waals surface area contributed by atoms with Crippen molar-refractivity contribution in [2.75, 3.05) is 33.9 Å². The fraction of sp³-hybridized carbons (Fsp3) is 0.350. The number of aryl methyl sites for hydroxylation is 1. The van der Waals surface area contributed by atoms with Crippen molar-refractivity contribution in [1.29, 1.82) is 0 Å². The molecule has 6 heteroatoms. The fourth-order valence-corrected chi connectivity index (χ4v) is 2.45. The molecule has 0 atom stereocenters. The number of carbonyl (C=O) groups excluding carboxylic acids is 1. The normalized spacial score (nSPS) is 10.7. The number of halogens is 1. The summed E-state index contributed by atoms with van der Waals surface area (Å²) in [5.41, 5.74) is 1.90. The zero-order valence-electron chi connectivity index (χ0n) is 15.4. The van der Waals surface area contributed by atoms with Gasteiger partial charge in [-0.1, -0.05) is 23.7 Å². The molecule has 5 nitrogen and oxygen atoms in total. The highest BCUT2D eigenvalue weighted by molar-refractivity contribution is 6.30. The molecular formula is C20H25ClN2O3. The number of hydrogen-bond acceptors (Lipinski definition) is 4. The van der Waals surface area contributed by atoms with Gasteiger partial charge in [-0.3, -0.25) is 4.79 Å². The highest BCUT2D eigenvalue weighted by Gasteiger charge is 2.06. The molecule has 0 radical (unpaired) electrons. The molecule has 140 valence electrons. The summed E-state index contributed by atoms with van der Waals surface area (Å²) in [6.07, 6.45) is 0. The molecule has 0 aromatic heterocycles. The van der Waals surface area contributed by atoms with Crippen molar-refractivity contribution in [2.45, 2.75) is 13.5 Å². The number of carbonyl (C=O) groups is 1. The van der Waals surface area contributed by atoms with Crippen LogP contribution in [0.25, 0.3) is 0 Å². The van der Waals surface area contributed by atoms with Crippen molar-refractivity contribution in [3.63, 3.8) is 0 Å². The second-order valence-electron chi connectivity index (χ2n) is 6.27. The summed E-state index contributed by atoms with van der Waals surface area (Å²) in [6, 6.07) is 13.0. The molecule has 1 amide bonds. The first-order valence-corrected chi connectivity index (χ1v) is 8.84. The Balaban J connectivity index is 1.73. The summed E-state index contributed by atoms with van der Waals surface area (Å²) in [6.45, 7) is 3.81. The van der Waals surface area contributed by atoms with Gasteiger partial charge in [-0.2, -0.15) is 0 Å². The van der Waals surface area contributed by atoms with Crippen molar-refractivity contribution < 1.29 is 14.3 Å². The summed E-state index contributed by atoms with van der Waals surface area (Å²) >= 11 is 5.90. The van der Waals surface area contributed by atoms with Gasteiger partial charge in [0, 0.05) is 18.1 Å². The second kappa shape index (κ2) is 10.0. The van der Waals surface area contributed by atoms with E-state index in [0.29, 0.717) is 23.9 Å². The van der Waals surface area contributed by atoms with Crippen LogP contribution in [0.4, 0.5) is 0 Å². The number of likely N-dealkylation sites (N-methyl/N-ethyl adjacent to an activating group) is 1. The maximum absolute atomic E-state index is 11.9. The molecule has 2 aromatic carbocycles. The van der Waals surface area contributed by atoms with Crippen molar-refractivity contribution in [1.82, 2.24) is 10.2 Å². The van der Waals surface area contributed by atoms with E-state index in [0.717, 1.165) is 23.4 Å². The molecule has 0 heterocycles. The van der Waals surface area contributed by atoms with Crippen LogP contribution < -0.4 is 14.8 Å². The van der Waals surface area contributed by atoms with Crippen LogP contribution in [0, 0.1) is 6.92 Å². The Kier molecular flexibility index (Phi) is 7.75. The third-order valence-electron chi connectivity index (χ3n) is 3.72. The van der Waals surface area contributed by atoms with Gasteiger partial charge in [0.15, 0.2) is 6.61 Å². The molecule has 2 aromatic rings. The molecule has 0 saturated carbocycles. The van der Waals surface area contributed by atoms with Crippen LogP contribution in [0.3, 0.4) is 0 Å². The van der Waals surface area contributed by atoms with Crippen LogP contribution >= 0.6 is 11.6 Å². The summed E-state index contributed by atoms with van der Waals surface area (Å²) in [5, 5.41) is 3.49. The van der Waals surface area contributed by atoms with Crippen LogP contribution in [0.15, 0.2) is 42.5 Å². The number of hydrogen-bond donors (Lipinski definition) is 1. The third kappa shape index (κ3) is 6.94. The van der Waals surface area contributed by atoms with E-state index in [4.69, 9.17) is 21.1 Å². The van der Waals surface area contributed by atoms with E-state index in [-0.39, 0.29) is 12.5 Å². The number of amides is 1. The van der Waals surface area contributed by atoms with Gasteiger partial charge < -0.3 is 19.7 Å². The lowest BCUT2D eigenvalue weighted by molar-refractivity contribution is -0.123. The summed E-state index contributed by atoms with van der Waals surface area (Å²) in [4.78, 5) is 14.0. The molecule has 0 unspecified atom stereocenters. The van der Waals surface area contributed by atoms with Crippen LogP contribution in [0.1, 0.15) is 11.1 Å². The topological polar surface area (TPSA) is 50.8 Å². The van der Waals surface area contributed by atoms with Crippen molar-refractivity contribution in [3.8, 4) is 11.5 Å². The molecule has 0 spiro atoms. The Morgan fingerprint density at radius 3 is 2.50 bits per heavy atom. The molecule has 1 N–H and O–H groups in total. The van der Waals surface area contributed by atoms with Crippen LogP contribution in [0.5, 0.6) is 11.5 Å². The van der Waals surface area contributed by atoms with Crippen LogP contribution in [0.2, 0.25) is 5.02 Å². The minimum absolute atomic E-state index is 0.0335. The quantitative estimate of drug-likeness (QED) is 0.729. The minimum Gasteiger partial charge on any atom is -0.492 e. The second-order valence-corrected chi connectivity index (χ2v) is 6.71. The average Bonchev–Trinajstić information content (AvgIpc) is 2.60. The highest BCUT2D eigenvalue weighted by Crippen LogP contribution is 2.21. The zero-order valence-corrected chi connectivity index (χ0v) is 16.2. The third-order valence-corrected chi connectivity index (χ3v) is 3.95. The van der Waals surface area contributed by atoms with E-state index in [2.05, 4.69) is 10.2 Å². The standard InChI is InChI=1S/C20H25ClN2O3/c1-15-12-17(21)6-9-19(15)26-14-20(24)22-13-16-4-7-18(8-5-16)25-11-10-23(2)3/h4-9,12H,10-11,13-14H2,1-3H3,(H,22,24). The number of rotatable bonds is 9. The average molecular weight is 377 g/mol. The van der Waals surface area contributed by atoms with Gasteiger partial charge in [0.25, 0.3) is 5.91 Å². The van der Waals surface area contributed by atoms with E-state index in [1.54, 1.807) is 18.2 Å². The number of ether oxygens (including phenoxy) is 2. The zero-order chi connectivity index (χ0) is 18.9. The molecule has 0 bridgehead atoms. The summed E-state index contributed by atoms with van der Waals surface area (Å²) in [5.74, 6) is 1.30. The lowest BCUT2D eigenvalue weighted by Gasteiger charge is -2.12. The molecular weight excluding hydrogens is 352 g/mol. The molecule has 0 aliphatic rings. The number of nitrogens with one attached hydrogen (secondary N) is 1. The Hall–Kier alpha value is -2.24. The smallest absolute Gasteiger partial charge is 0.258 e. The predicted molar refractivity (Wildman–Crippen MR) is 104 cm³/mol. The van der Waals surface area contributed by atoms with E-state index >= 15 is 0 Å². The van der Waals surface area contributed by atoms with E-state index in [1.165, 1.54) is 0 Å². The highest BCUT2D eigenvalue weighted by atomic mass is 35.5. The molecule has 0 aliphatic carbocycles. The first-order valence-electron chi connectivity index (χ1n) is 8.46. The van der Waals surface area contributed by atoms with Crippen molar-refractivity contribution in [3.05, 3.63) is 58.6 Å². The van der Waals surface area contributed by atoms with Gasteiger partial charge >= 0.3 is 0 Å². The fourth-order valence-electron chi connectivity index (χ4n) is 2.22. The largest absolute Gasteiger partial charge is 0.492 e. The Morgan fingerprint density at radius 2 is 1.85 bits per heavy atom. The predicted octanol–water partition coefficient (Wildman–Crippen LogP) is 3.28. The van der Waals surface area contributed by atoms with Crippen molar-refractivity contribution >= 4 is 17.5 Å². The number of nitrogens with zero attached hydrogens (tertiary/aromatic N) is 1.